The van der Waals surface area contributed by atoms with Gasteiger partial charge in [-0.15, -0.1) is 0 Å². The van der Waals surface area contributed by atoms with Gasteiger partial charge in [0.1, 0.15) is 22.9 Å². The summed E-state index contributed by atoms with van der Waals surface area (Å²) in [6.07, 6.45) is 1.92. The molecule has 8 nitrogen and oxygen atoms in total. The maximum absolute atomic E-state index is 11.3. The number of carbonyl (C=O) groups is 1. The van der Waals surface area contributed by atoms with Crippen LogP contribution in [-0.4, -0.2) is 64.8 Å². The first kappa shape index (κ1) is 19.0. The number of anilines is 2. The molecule has 0 atom stereocenters. The fraction of sp³-hybridized carbons (Fsp3) is 0.214. The fourth-order valence-corrected chi connectivity index (χ4v) is 2.07. The molecule has 1 heterocycles. The van der Waals surface area contributed by atoms with Gasteiger partial charge in [0.05, 0.1) is 14.2 Å². The van der Waals surface area contributed by atoms with Crippen molar-refractivity contribution in [1.29, 1.82) is 0 Å². The van der Waals surface area contributed by atoms with Crippen LogP contribution < -0.4 is 20.9 Å². The third-order valence-corrected chi connectivity index (χ3v) is 3.09. The Kier molecular flexibility index (Phi) is 6.62. The molecule has 0 aliphatic carbocycles. The molecule has 0 amide bonds. The van der Waals surface area contributed by atoms with E-state index in [0.29, 0.717) is 12.0 Å². The first-order valence-electron chi connectivity index (χ1n) is 6.31. The van der Waals surface area contributed by atoms with E-state index in [1.807, 2.05) is 0 Å². The molecule has 0 unspecified atom stereocenters. The summed E-state index contributed by atoms with van der Waals surface area (Å²) in [6, 6.07) is 3.23. The average Bonchev–Trinajstić information content (AvgIpc) is 2.48. The number of aromatic carboxylic acids is 1. The van der Waals surface area contributed by atoms with Gasteiger partial charge >= 0.3 is 35.5 Å². The van der Waals surface area contributed by atoms with Crippen LogP contribution in [0.5, 0.6) is 11.5 Å². The van der Waals surface area contributed by atoms with Crippen molar-refractivity contribution in [1.82, 2.24) is 9.97 Å². The Morgan fingerprint density at radius 3 is 2.22 bits per heavy atom. The van der Waals surface area contributed by atoms with Crippen LogP contribution in [0.25, 0.3) is 0 Å². The standard InChI is InChI=1S/C14H16N4O4.Na.H/c1-21-9-4-7(5-10(22-2)11(9)13(19)20)3-8-6-17-14(16)18-12(8)15;;/h4-6H,3H2,1-2H3,(H,19,20)(H4,15,16,17,18);;. The second kappa shape index (κ2) is 8.00. The van der Waals surface area contributed by atoms with Crippen LogP contribution in [-0.2, 0) is 6.42 Å². The molecule has 0 fully saturated rings. The van der Waals surface area contributed by atoms with Crippen LogP contribution in [0.15, 0.2) is 18.3 Å². The third kappa shape index (κ3) is 4.25. The number of nitrogens with two attached hydrogens (primary N) is 2. The van der Waals surface area contributed by atoms with Gasteiger partial charge in [-0.3, -0.25) is 0 Å². The van der Waals surface area contributed by atoms with Crippen LogP contribution in [0.4, 0.5) is 11.8 Å². The minimum absolute atomic E-state index is 0. The summed E-state index contributed by atoms with van der Waals surface area (Å²) < 4.78 is 10.3. The normalized spacial score (nSPS) is 9.83. The number of hydrogen-bond acceptors (Lipinski definition) is 7. The van der Waals surface area contributed by atoms with E-state index in [0.717, 1.165) is 5.56 Å². The SMILES string of the molecule is COc1cc(Cc2cnc(N)nc2N)cc(OC)c1C(=O)O.[NaH]. The van der Waals surface area contributed by atoms with Crippen LogP contribution in [0, 0.1) is 0 Å². The predicted molar refractivity (Wildman–Crippen MR) is 87.3 cm³/mol. The molecule has 0 saturated carbocycles. The number of hydrogen-bond donors (Lipinski definition) is 3. The molecular weight excluding hydrogens is 311 g/mol. The van der Waals surface area contributed by atoms with Crippen molar-refractivity contribution < 1.29 is 19.4 Å². The van der Waals surface area contributed by atoms with Crippen molar-refractivity contribution in [3.8, 4) is 11.5 Å². The maximum atomic E-state index is 11.3. The monoisotopic (exact) mass is 328 g/mol. The molecule has 0 aliphatic rings. The molecule has 9 heteroatoms. The summed E-state index contributed by atoms with van der Waals surface area (Å²) in [4.78, 5) is 19.1. The molecule has 23 heavy (non-hydrogen) atoms. The van der Waals surface area contributed by atoms with Gasteiger partial charge in [-0.2, -0.15) is 4.98 Å². The van der Waals surface area contributed by atoms with Gasteiger partial charge in [-0.05, 0) is 17.7 Å². The first-order valence-corrected chi connectivity index (χ1v) is 6.31. The molecule has 2 rings (SSSR count). The molecular formula is C14H17N4NaO4. The van der Waals surface area contributed by atoms with Crippen molar-refractivity contribution in [2.24, 2.45) is 0 Å². The number of benzene rings is 1. The predicted octanol–water partition coefficient (Wildman–Crippen LogP) is 0.299. The Hall–Kier alpha value is -2.03. The Bertz CT molecular complexity index is 699. The van der Waals surface area contributed by atoms with E-state index in [4.69, 9.17) is 20.9 Å². The molecule has 0 spiro atoms. The molecule has 118 valence electrons. The van der Waals surface area contributed by atoms with Crippen LogP contribution in [0.3, 0.4) is 0 Å². The van der Waals surface area contributed by atoms with Crippen molar-refractivity contribution in [2.45, 2.75) is 6.42 Å². The Labute approximate surface area is 155 Å². The Morgan fingerprint density at radius 1 is 1.22 bits per heavy atom. The van der Waals surface area contributed by atoms with Crippen molar-refractivity contribution in [3.63, 3.8) is 0 Å². The van der Waals surface area contributed by atoms with E-state index in [1.54, 1.807) is 12.1 Å². The van der Waals surface area contributed by atoms with E-state index >= 15 is 0 Å². The number of ether oxygens (including phenoxy) is 2. The van der Waals surface area contributed by atoms with Gasteiger partial charge in [-0.1, -0.05) is 0 Å². The summed E-state index contributed by atoms with van der Waals surface area (Å²) in [7, 11) is 2.79. The molecule has 0 saturated heterocycles. The summed E-state index contributed by atoms with van der Waals surface area (Å²) in [5.74, 6) is -0.352. The number of rotatable bonds is 5. The number of aromatic nitrogens is 2. The molecule has 0 aliphatic heterocycles. The Balaban J connectivity index is 0.00000264. The number of carboxylic acid groups (broad SMARTS) is 1. The van der Waals surface area contributed by atoms with E-state index in [9.17, 15) is 9.90 Å². The second-order valence-corrected chi connectivity index (χ2v) is 4.50. The zero-order chi connectivity index (χ0) is 16.3. The summed E-state index contributed by atoms with van der Waals surface area (Å²) in [6.45, 7) is 0. The van der Waals surface area contributed by atoms with Gasteiger partial charge in [0.2, 0.25) is 5.95 Å². The third-order valence-electron chi connectivity index (χ3n) is 3.09. The minimum atomic E-state index is -1.13. The number of carboxylic acids is 1. The van der Waals surface area contributed by atoms with Gasteiger partial charge in [0, 0.05) is 18.2 Å². The van der Waals surface area contributed by atoms with E-state index in [1.165, 1.54) is 20.4 Å². The second-order valence-electron chi connectivity index (χ2n) is 4.50. The van der Waals surface area contributed by atoms with Crippen molar-refractivity contribution in [3.05, 3.63) is 35.0 Å². The quantitative estimate of drug-likeness (QED) is 0.667. The molecule has 1 aromatic carbocycles. The summed E-state index contributed by atoms with van der Waals surface area (Å²) in [5.41, 5.74) is 12.6. The molecule has 1 aromatic heterocycles. The zero-order valence-corrected chi connectivity index (χ0v) is 12.2. The van der Waals surface area contributed by atoms with Crippen LogP contribution in [0.2, 0.25) is 0 Å². The topological polar surface area (TPSA) is 134 Å². The fourth-order valence-electron chi connectivity index (χ4n) is 2.07. The molecule has 0 radical (unpaired) electrons. The first-order chi connectivity index (χ1) is 10.5. The van der Waals surface area contributed by atoms with E-state index < -0.39 is 5.97 Å². The Morgan fingerprint density at radius 2 is 1.78 bits per heavy atom. The van der Waals surface area contributed by atoms with Gasteiger partial charge < -0.3 is 26.0 Å². The van der Waals surface area contributed by atoms with Crippen molar-refractivity contribution in [2.75, 3.05) is 25.7 Å². The average molecular weight is 328 g/mol. The number of nitrogen functional groups attached to an aromatic ring is 2. The molecule has 2 aromatic rings. The van der Waals surface area contributed by atoms with Crippen LogP contribution >= 0.6 is 0 Å². The van der Waals surface area contributed by atoms with Gasteiger partial charge in [0.15, 0.2) is 0 Å². The summed E-state index contributed by atoms with van der Waals surface area (Å²) in [5, 5.41) is 9.25. The molecule has 0 bridgehead atoms. The summed E-state index contributed by atoms with van der Waals surface area (Å²) >= 11 is 0. The zero-order valence-electron chi connectivity index (χ0n) is 12.2. The van der Waals surface area contributed by atoms with E-state index in [-0.39, 0.29) is 58.4 Å². The van der Waals surface area contributed by atoms with Crippen LogP contribution in [0.1, 0.15) is 21.5 Å². The molecule has 5 N–H and O–H groups in total. The van der Waals surface area contributed by atoms with Gasteiger partial charge in [-0.25, -0.2) is 9.78 Å². The number of methoxy groups -OCH3 is 2. The van der Waals surface area contributed by atoms with Gasteiger partial charge in [0.25, 0.3) is 0 Å². The van der Waals surface area contributed by atoms with E-state index in [2.05, 4.69) is 9.97 Å². The number of nitrogens with zero attached hydrogens (tertiary/aromatic N) is 2. The van der Waals surface area contributed by atoms with Crippen molar-refractivity contribution >= 4 is 47.3 Å².